The minimum Gasteiger partial charge on any atom is -0.392 e. The second-order valence-corrected chi connectivity index (χ2v) is 10.7. The van der Waals surface area contributed by atoms with Gasteiger partial charge in [0.25, 0.3) is 0 Å². The Labute approximate surface area is 229 Å². The molecule has 0 saturated carbocycles. The third-order valence-corrected chi connectivity index (χ3v) is 7.29. The molecule has 0 bridgehead atoms. The summed E-state index contributed by atoms with van der Waals surface area (Å²) in [6.07, 6.45) is -3.58. The summed E-state index contributed by atoms with van der Waals surface area (Å²) < 4.78 is 89.4. The maximum atomic E-state index is 15.6. The number of hydrogen-bond acceptors (Lipinski definition) is 5. The first-order valence-electron chi connectivity index (χ1n) is 11.9. The number of alkyl halides is 3. The number of hydrogen-bond donors (Lipinski definition) is 2. The van der Waals surface area contributed by atoms with Crippen molar-refractivity contribution in [1.82, 2.24) is 9.55 Å². The summed E-state index contributed by atoms with van der Waals surface area (Å²) in [5.74, 6) is -1.62. The topological polar surface area (TPSA) is 84.6 Å². The first kappa shape index (κ1) is 29.5. The fourth-order valence-corrected chi connectivity index (χ4v) is 4.99. The summed E-state index contributed by atoms with van der Waals surface area (Å²) in [4.78, 5) is 4.22. The van der Waals surface area contributed by atoms with Crippen LogP contribution in [0.25, 0.3) is 16.8 Å². The van der Waals surface area contributed by atoms with Gasteiger partial charge in [-0.25, -0.2) is 18.0 Å². The van der Waals surface area contributed by atoms with Gasteiger partial charge in [0.05, 0.1) is 35.6 Å². The van der Waals surface area contributed by atoms with Gasteiger partial charge in [-0.2, -0.15) is 13.2 Å². The van der Waals surface area contributed by atoms with Crippen LogP contribution in [-0.2, 0) is 40.1 Å². The highest BCUT2D eigenvalue weighted by Gasteiger charge is 2.33. The van der Waals surface area contributed by atoms with Crippen molar-refractivity contribution in [3.05, 3.63) is 101 Å². The summed E-state index contributed by atoms with van der Waals surface area (Å²) in [6.45, 7) is 2.16. The van der Waals surface area contributed by atoms with Crippen LogP contribution in [-0.4, -0.2) is 31.1 Å². The van der Waals surface area contributed by atoms with E-state index in [1.165, 1.54) is 61.0 Å². The molecule has 0 aliphatic heterocycles. The zero-order chi connectivity index (χ0) is 29.4. The van der Waals surface area contributed by atoms with Crippen LogP contribution in [0, 0.1) is 11.6 Å². The molecule has 6 nitrogen and oxygen atoms in total. The van der Waals surface area contributed by atoms with Crippen LogP contribution in [0.15, 0.2) is 65.7 Å². The van der Waals surface area contributed by atoms with Crippen molar-refractivity contribution in [3.8, 4) is 16.8 Å². The minimum absolute atomic E-state index is 0.0524. The lowest BCUT2D eigenvalue weighted by Crippen LogP contribution is -2.16. The molecule has 40 heavy (non-hydrogen) atoms. The Kier molecular flexibility index (Phi) is 8.27. The SMILES string of the molecule is COS(=O)c1cc(-c2ccc(-n3cc(C(C)(C)O)nc3Cc3ccccc3C(F)(F)F)c(F)c2)cc(F)c1CO. The van der Waals surface area contributed by atoms with Crippen molar-refractivity contribution < 1.29 is 40.6 Å². The fourth-order valence-electron chi connectivity index (χ4n) is 4.22. The molecule has 1 atom stereocenters. The first-order valence-corrected chi connectivity index (χ1v) is 13.0. The summed E-state index contributed by atoms with van der Waals surface area (Å²) in [7, 11) is 1.15. The van der Waals surface area contributed by atoms with Crippen LogP contribution >= 0.6 is 0 Å². The van der Waals surface area contributed by atoms with Crippen LogP contribution in [0.2, 0.25) is 0 Å². The van der Waals surface area contributed by atoms with Crippen LogP contribution in [0.1, 0.15) is 42.1 Å². The molecule has 1 heterocycles. The molecule has 4 aromatic rings. The molecule has 0 fully saturated rings. The molecule has 3 aromatic carbocycles. The third kappa shape index (κ3) is 5.99. The summed E-state index contributed by atoms with van der Waals surface area (Å²) in [5, 5.41) is 20.0. The molecular formula is C28H25F5N2O4S. The maximum Gasteiger partial charge on any atom is 0.416 e. The standard InChI is InChI=1S/C28H25F5N2O4S/c1-27(2,37)25-14-35(26(34-25)13-17-6-4-5-7-20(17)28(31,32)33)23-9-8-16(10-22(23)30)18-11-21(29)19(15-36)24(12-18)40(38)39-3/h4-12,14,36-37H,13,15H2,1-3H3. The Morgan fingerprint density at radius 1 is 1.00 bits per heavy atom. The zero-order valence-corrected chi connectivity index (χ0v) is 22.4. The Bertz CT molecular complexity index is 1580. The van der Waals surface area contributed by atoms with E-state index in [2.05, 4.69) is 4.98 Å². The van der Waals surface area contributed by atoms with Crippen molar-refractivity contribution in [2.24, 2.45) is 0 Å². The highest BCUT2D eigenvalue weighted by molar-refractivity contribution is 7.80. The Balaban J connectivity index is 1.82. The van der Waals surface area contributed by atoms with Crippen molar-refractivity contribution >= 4 is 11.1 Å². The maximum absolute atomic E-state index is 15.6. The van der Waals surface area contributed by atoms with Crippen LogP contribution in [0.4, 0.5) is 22.0 Å². The second kappa shape index (κ2) is 11.2. The molecule has 0 saturated heterocycles. The van der Waals surface area contributed by atoms with Crippen molar-refractivity contribution in [2.45, 2.75) is 43.5 Å². The van der Waals surface area contributed by atoms with Crippen LogP contribution < -0.4 is 0 Å². The highest BCUT2D eigenvalue weighted by Crippen LogP contribution is 2.34. The van der Waals surface area contributed by atoms with E-state index >= 15 is 4.39 Å². The second-order valence-electron chi connectivity index (χ2n) is 9.46. The lowest BCUT2D eigenvalue weighted by atomic mass is 10.0. The monoisotopic (exact) mass is 580 g/mol. The van der Waals surface area contributed by atoms with Gasteiger partial charge in [0.2, 0.25) is 0 Å². The van der Waals surface area contributed by atoms with E-state index in [1.54, 1.807) is 0 Å². The quantitative estimate of drug-likeness (QED) is 0.257. The van der Waals surface area contributed by atoms with Gasteiger partial charge in [-0.3, -0.25) is 4.18 Å². The predicted molar refractivity (Wildman–Crippen MR) is 138 cm³/mol. The third-order valence-electron chi connectivity index (χ3n) is 6.26. The Morgan fingerprint density at radius 2 is 1.68 bits per heavy atom. The largest absolute Gasteiger partial charge is 0.416 e. The number of nitrogens with zero attached hydrogens (tertiary/aromatic N) is 2. The van der Waals surface area contributed by atoms with E-state index in [-0.39, 0.29) is 50.8 Å². The van der Waals surface area contributed by atoms with Gasteiger partial charge in [0, 0.05) is 18.2 Å². The van der Waals surface area contributed by atoms with Gasteiger partial charge >= 0.3 is 6.18 Å². The van der Waals surface area contributed by atoms with Gasteiger partial charge in [-0.1, -0.05) is 24.3 Å². The van der Waals surface area contributed by atoms with E-state index in [0.717, 1.165) is 25.3 Å². The lowest BCUT2D eigenvalue weighted by molar-refractivity contribution is -0.138. The number of benzene rings is 3. The van der Waals surface area contributed by atoms with E-state index in [4.69, 9.17) is 4.18 Å². The Morgan fingerprint density at radius 3 is 2.27 bits per heavy atom. The van der Waals surface area contributed by atoms with Crippen LogP contribution in [0.3, 0.4) is 0 Å². The molecule has 0 aliphatic carbocycles. The number of halogens is 5. The molecule has 12 heteroatoms. The van der Waals surface area contributed by atoms with Gasteiger partial charge in [-0.05, 0) is 60.9 Å². The Hall–Kier alpha value is -3.45. The number of rotatable bonds is 8. The van der Waals surface area contributed by atoms with Gasteiger partial charge in [0.1, 0.15) is 23.1 Å². The van der Waals surface area contributed by atoms with E-state index in [9.17, 15) is 32.0 Å². The molecule has 0 aliphatic rings. The molecule has 4 rings (SSSR count). The molecule has 1 unspecified atom stereocenters. The predicted octanol–water partition coefficient (Wildman–Crippen LogP) is 5.82. The molecule has 212 valence electrons. The molecule has 1 aromatic heterocycles. The molecular weight excluding hydrogens is 555 g/mol. The number of aliphatic hydroxyl groups excluding tert-OH is 1. The number of aliphatic hydroxyl groups is 2. The average Bonchev–Trinajstić information content (AvgIpc) is 3.31. The van der Waals surface area contributed by atoms with E-state index in [1.807, 2.05) is 0 Å². The van der Waals surface area contributed by atoms with Crippen LogP contribution in [0.5, 0.6) is 0 Å². The average molecular weight is 581 g/mol. The lowest BCUT2D eigenvalue weighted by Gasteiger charge is -2.15. The highest BCUT2D eigenvalue weighted by atomic mass is 32.2. The normalized spacial score (nSPS) is 13.1. The first-order chi connectivity index (χ1) is 18.7. The van der Waals surface area contributed by atoms with E-state index in [0.29, 0.717) is 0 Å². The summed E-state index contributed by atoms with van der Waals surface area (Å²) in [5.41, 5.74) is -2.24. The molecule has 2 N–H and O–H groups in total. The summed E-state index contributed by atoms with van der Waals surface area (Å²) in [6, 6.07) is 11.2. The molecule has 0 spiro atoms. The zero-order valence-electron chi connectivity index (χ0n) is 21.6. The number of aromatic nitrogens is 2. The molecule has 0 radical (unpaired) electrons. The van der Waals surface area contributed by atoms with Gasteiger partial charge in [0.15, 0.2) is 11.1 Å². The van der Waals surface area contributed by atoms with Crippen molar-refractivity contribution in [3.63, 3.8) is 0 Å². The number of imidazole rings is 1. The fraction of sp³-hybridized carbons (Fsp3) is 0.250. The summed E-state index contributed by atoms with van der Waals surface area (Å²) >= 11 is -2.08. The van der Waals surface area contributed by atoms with Gasteiger partial charge < -0.3 is 14.8 Å². The smallest absolute Gasteiger partial charge is 0.392 e. The molecule has 0 amide bonds. The minimum atomic E-state index is -4.62. The van der Waals surface area contributed by atoms with E-state index < -0.39 is 46.7 Å². The van der Waals surface area contributed by atoms with Gasteiger partial charge in [-0.15, -0.1) is 0 Å². The van der Waals surface area contributed by atoms with Crippen molar-refractivity contribution in [2.75, 3.05) is 7.11 Å². The van der Waals surface area contributed by atoms with Crippen molar-refractivity contribution in [1.29, 1.82) is 0 Å².